The molecule has 0 spiro atoms. The summed E-state index contributed by atoms with van der Waals surface area (Å²) >= 11 is 1.59. The largest absolute Gasteiger partial charge is 0.384 e. The van der Waals surface area contributed by atoms with Crippen LogP contribution in [0.4, 0.5) is 0 Å². The van der Waals surface area contributed by atoms with Crippen molar-refractivity contribution in [1.82, 2.24) is 15.5 Å². The topological polar surface area (TPSA) is 59.9 Å². The van der Waals surface area contributed by atoms with Gasteiger partial charge in [-0.3, -0.25) is 4.90 Å². The van der Waals surface area contributed by atoms with E-state index in [2.05, 4.69) is 53.6 Å². The Morgan fingerprint density at radius 2 is 1.82 bits per heavy atom. The Bertz CT molecular complexity index is 724. The van der Waals surface area contributed by atoms with Crippen molar-refractivity contribution in [3.05, 3.63) is 57.8 Å². The van der Waals surface area contributed by atoms with E-state index in [1.165, 1.54) is 11.1 Å². The number of thiophene rings is 1. The highest BCUT2D eigenvalue weighted by molar-refractivity contribution is 7.08. The molecule has 1 heterocycles. The first-order valence-corrected chi connectivity index (χ1v) is 11.0. The number of aliphatic imine (C=N–C) groups is 1. The molecule has 1 aromatic carbocycles. The van der Waals surface area contributed by atoms with E-state index in [1.54, 1.807) is 11.3 Å². The Kier molecular flexibility index (Phi) is 8.96. The van der Waals surface area contributed by atoms with E-state index in [0.29, 0.717) is 13.1 Å². The number of rotatable bonds is 10. The van der Waals surface area contributed by atoms with E-state index in [9.17, 15) is 5.11 Å². The zero-order chi connectivity index (χ0) is 20.4. The Morgan fingerprint density at radius 1 is 1.11 bits per heavy atom. The molecule has 3 N–H and O–H groups in total. The van der Waals surface area contributed by atoms with Gasteiger partial charge in [-0.2, -0.15) is 11.3 Å². The molecule has 0 saturated carbocycles. The van der Waals surface area contributed by atoms with E-state index in [-0.39, 0.29) is 0 Å². The fourth-order valence-electron chi connectivity index (χ4n) is 2.99. The molecule has 0 saturated heterocycles. The fraction of sp³-hybridized carbons (Fsp3) is 0.500. The SMILES string of the molecule is CCNC(=NCc1ccccc1CN(CC)CC)NCC(C)(O)c1ccsc1. The van der Waals surface area contributed by atoms with Gasteiger partial charge in [-0.25, -0.2) is 4.99 Å². The Balaban J connectivity index is 2.06. The quantitative estimate of drug-likeness (QED) is 0.420. The second-order valence-electron chi connectivity index (χ2n) is 7.06. The van der Waals surface area contributed by atoms with Crippen LogP contribution in [0.15, 0.2) is 46.1 Å². The standard InChI is InChI=1S/C22H34N4OS/c1-5-23-21(25-17-22(4,27)20-12-13-28-16-20)24-14-18-10-8-9-11-19(18)15-26(6-2)7-3/h8-13,16,27H,5-7,14-15,17H2,1-4H3,(H2,23,24,25). The maximum absolute atomic E-state index is 10.7. The lowest BCUT2D eigenvalue weighted by Gasteiger charge is -2.24. The van der Waals surface area contributed by atoms with E-state index in [0.717, 1.165) is 37.7 Å². The number of nitrogens with zero attached hydrogens (tertiary/aromatic N) is 2. The molecular weight excluding hydrogens is 368 g/mol. The molecule has 0 amide bonds. The molecule has 0 aliphatic carbocycles. The zero-order valence-electron chi connectivity index (χ0n) is 17.5. The van der Waals surface area contributed by atoms with Gasteiger partial charge in [0.25, 0.3) is 0 Å². The van der Waals surface area contributed by atoms with E-state index < -0.39 is 5.60 Å². The van der Waals surface area contributed by atoms with Crippen molar-refractivity contribution in [1.29, 1.82) is 0 Å². The molecule has 0 radical (unpaired) electrons. The lowest BCUT2D eigenvalue weighted by molar-refractivity contribution is 0.0621. The molecular formula is C22H34N4OS. The minimum absolute atomic E-state index is 0.399. The van der Waals surface area contributed by atoms with Crippen LogP contribution in [0.3, 0.4) is 0 Å². The molecule has 1 aromatic heterocycles. The maximum Gasteiger partial charge on any atom is 0.191 e. The van der Waals surface area contributed by atoms with Crippen LogP contribution in [-0.4, -0.2) is 42.1 Å². The molecule has 0 bridgehead atoms. The third kappa shape index (κ3) is 6.62. The average molecular weight is 403 g/mol. The van der Waals surface area contributed by atoms with Crippen molar-refractivity contribution in [2.24, 2.45) is 4.99 Å². The van der Waals surface area contributed by atoms with Crippen LogP contribution in [0.25, 0.3) is 0 Å². The van der Waals surface area contributed by atoms with Gasteiger partial charge < -0.3 is 15.7 Å². The van der Waals surface area contributed by atoms with Crippen molar-refractivity contribution in [2.45, 2.75) is 46.4 Å². The van der Waals surface area contributed by atoms with Gasteiger partial charge in [0.15, 0.2) is 5.96 Å². The summed E-state index contributed by atoms with van der Waals surface area (Å²) in [6, 6.07) is 10.4. The number of hydrogen-bond donors (Lipinski definition) is 3. The maximum atomic E-state index is 10.7. The van der Waals surface area contributed by atoms with Crippen LogP contribution >= 0.6 is 11.3 Å². The number of nitrogens with one attached hydrogen (secondary N) is 2. The molecule has 0 aliphatic heterocycles. The molecule has 0 fully saturated rings. The van der Waals surface area contributed by atoms with E-state index in [1.807, 2.05) is 30.7 Å². The number of benzene rings is 1. The number of aliphatic hydroxyl groups is 1. The predicted octanol–water partition coefficient (Wildman–Crippen LogP) is 3.55. The van der Waals surface area contributed by atoms with E-state index >= 15 is 0 Å². The minimum atomic E-state index is -0.934. The fourth-order valence-corrected chi connectivity index (χ4v) is 3.77. The lowest BCUT2D eigenvalue weighted by Crippen LogP contribution is -2.44. The van der Waals surface area contributed by atoms with Gasteiger partial charge in [0, 0.05) is 13.1 Å². The number of guanidine groups is 1. The smallest absolute Gasteiger partial charge is 0.191 e. The van der Waals surface area contributed by atoms with Gasteiger partial charge in [0.1, 0.15) is 5.60 Å². The van der Waals surface area contributed by atoms with Gasteiger partial charge in [-0.15, -0.1) is 0 Å². The van der Waals surface area contributed by atoms with Gasteiger partial charge in [0.05, 0.1) is 13.1 Å². The van der Waals surface area contributed by atoms with Crippen LogP contribution in [-0.2, 0) is 18.7 Å². The van der Waals surface area contributed by atoms with Gasteiger partial charge >= 0.3 is 0 Å². The molecule has 154 valence electrons. The van der Waals surface area contributed by atoms with Gasteiger partial charge in [-0.1, -0.05) is 38.1 Å². The second kappa shape index (κ2) is 11.2. The summed E-state index contributed by atoms with van der Waals surface area (Å²) in [6.45, 7) is 13.0. The van der Waals surface area contributed by atoms with E-state index in [4.69, 9.17) is 4.99 Å². The molecule has 2 aromatic rings. The molecule has 5 nitrogen and oxygen atoms in total. The van der Waals surface area contributed by atoms with Crippen LogP contribution in [0.2, 0.25) is 0 Å². The first-order valence-electron chi connectivity index (χ1n) is 10.1. The third-order valence-corrected chi connectivity index (χ3v) is 5.58. The average Bonchev–Trinajstić information content (AvgIpc) is 3.25. The summed E-state index contributed by atoms with van der Waals surface area (Å²) < 4.78 is 0. The van der Waals surface area contributed by atoms with Crippen LogP contribution in [0.1, 0.15) is 44.4 Å². The Labute approximate surface area is 173 Å². The summed E-state index contributed by atoms with van der Waals surface area (Å²) in [4.78, 5) is 7.16. The van der Waals surface area contributed by atoms with Crippen LogP contribution in [0.5, 0.6) is 0 Å². The summed E-state index contributed by atoms with van der Waals surface area (Å²) in [6.07, 6.45) is 0. The Hall–Kier alpha value is -1.89. The minimum Gasteiger partial charge on any atom is -0.384 e. The molecule has 6 heteroatoms. The summed E-state index contributed by atoms with van der Waals surface area (Å²) in [5, 5.41) is 21.3. The second-order valence-corrected chi connectivity index (χ2v) is 7.84. The predicted molar refractivity (Wildman–Crippen MR) is 120 cm³/mol. The van der Waals surface area contributed by atoms with Crippen LogP contribution in [0, 0.1) is 0 Å². The molecule has 0 aliphatic rings. The molecule has 1 unspecified atom stereocenters. The first kappa shape index (κ1) is 22.4. The van der Waals surface area contributed by atoms with Crippen molar-refractivity contribution >= 4 is 17.3 Å². The highest BCUT2D eigenvalue weighted by atomic mass is 32.1. The molecule has 28 heavy (non-hydrogen) atoms. The lowest BCUT2D eigenvalue weighted by atomic mass is 9.99. The first-order chi connectivity index (χ1) is 13.5. The number of hydrogen-bond acceptors (Lipinski definition) is 4. The van der Waals surface area contributed by atoms with Crippen LogP contribution < -0.4 is 10.6 Å². The van der Waals surface area contributed by atoms with Gasteiger partial charge in [0.2, 0.25) is 0 Å². The summed E-state index contributed by atoms with van der Waals surface area (Å²) in [5.74, 6) is 0.718. The van der Waals surface area contributed by atoms with Crippen molar-refractivity contribution in [3.63, 3.8) is 0 Å². The highest BCUT2D eigenvalue weighted by Crippen LogP contribution is 2.22. The highest BCUT2D eigenvalue weighted by Gasteiger charge is 2.23. The Morgan fingerprint density at radius 3 is 2.43 bits per heavy atom. The molecule has 1 atom stereocenters. The van der Waals surface area contributed by atoms with Crippen molar-refractivity contribution < 1.29 is 5.11 Å². The zero-order valence-corrected chi connectivity index (χ0v) is 18.4. The van der Waals surface area contributed by atoms with Crippen molar-refractivity contribution in [3.8, 4) is 0 Å². The monoisotopic (exact) mass is 402 g/mol. The van der Waals surface area contributed by atoms with Crippen molar-refractivity contribution in [2.75, 3.05) is 26.2 Å². The summed E-state index contributed by atoms with van der Waals surface area (Å²) in [7, 11) is 0. The summed E-state index contributed by atoms with van der Waals surface area (Å²) in [5.41, 5.74) is 2.54. The van der Waals surface area contributed by atoms with Gasteiger partial charge in [-0.05, 0) is 60.5 Å². The third-order valence-electron chi connectivity index (χ3n) is 4.90. The normalized spacial score (nSPS) is 14.1. The molecule has 2 rings (SSSR count).